The van der Waals surface area contributed by atoms with Crippen molar-refractivity contribution in [2.24, 2.45) is 0 Å². The Kier molecular flexibility index (Phi) is 4.94. The van der Waals surface area contributed by atoms with Gasteiger partial charge in [-0.1, -0.05) is 74.5 Å². The summed E-state index contributed by atoms with van der Waals surface area (Å²) in [6, 6.07) is 26.4. The van der Waals surface area contributed by atoms with Gasteiger partial charge in [-0.25, -0.2) is 0 Å². The van der Waals surface area contributed by atoms with Crippen molar-refractivity contribution < 1.29 is 9.47 Å². The first kappa shape index (κ1) is 22.1. The van der Waals surface area contributed by atoms with Crippen molar-refractivity contribution >= 4 is 11.4 Å². The number of hydrogen-bond acceptors (Lipinski definition) is 4. The van der Waals surface area contributed by atoms with Gasteiger partial charge < -0.3 is 20.3 Å². The zero-order chi connectivity index (χ0) is 25.0. The smallest absolute Gasteiger partial charge is 0.177 e. The molecule has 1 aliphatic heterocycles. The molecule has 0 bridgehead atoms. The SMILES string of the molecule is CC(=N)/C=C\C(=N)c1ccccc1-c1cccc2c1Oc1cc3c(cc1O2)C(C)(C)c1ccccc1-3. The maximum Gasteiger partial charge on any atom is 0.177 e. The van der Waals surface area contributed by atoms with Crippen LogP contribution in [-0.2, 0) is 5.41 Å². The van der Waals surface area contributed by atoms with Gasteiger partial charge in [-0.15, -0.1) is 0 Å². The first-order chi connectivity index (χ1) is 17.3. The third-order valence-electron chi connectivity index (χ3n) is 7.07. The summed E-state index contributed by atoms with van der Waals surface area (Å²) in [6.07, 6.45) is 3.29. The van der Waals surface area contributed by atoms with E-state index in [1.165, 1.54) is 22.3 Å². The van der Waals surface area contributed by atoms with Gasteiger partial charge in [0.2, 0.25) is 0 Å². The molecule has 0 atom stereocenters. The van der Waals surface area contributed by atoms with Crippen molar-refractivity contribution in [2.75, 3.05) is 0 Å². The lowest BCUT2D eigenvalue weighted by Crippen LogP contribution is -2.15. The number of benzene rings is 4. The molecule has 36 heavy (non-hydrogen) atoms. The van der Waals surface area contributed by atoms with Crippen LogP contribution in [0.4, 0.5) is 0 Å². The predicted octanol–water partition coefficient (Wildman–Crippen LogP) is 8.52. The lowest BCUT2D eigenvalue weighted by Gasteiger charge is -2.26. The summed E-state index contributed by atoms with van der Waals surface area (Å²) in [5, 5.41) is 16.3. The minimum atomic E-state index is -0.117. The largest absolute Gasteiger partial charge is 0.449 e. The second-order valence-corrected chi connectivity index (χ2v) is 9.83. The molecule has 0 saturated heterocycles. The number of ether oxygens (including phenoxy) is 2. The van der Waals surface area contributed by atoms with Crippen molar-refractivity contribution in [1.82, 2.24) is 0 Å². The summed E-state index contributed by atoms with van der Waals surface area (Å²) in [7, 11) is 0. The molecule has 0 radical (unpaired) electrons. The summed E-state index contributed by atoms with van der Waals surface area (Å²) >= 11 is 0. The highest BCUT2D eigenvalue weighted by Gasteiger charge is 2.37. The Morgan fingerprint density at radius 1 is 0.667 bits per heavy atom. The number of rotatable bonds is 4. The summed E-state index contributed by atoms with van der Waals surface area (Å²) in [6.45, 7) is 6.20. The Labute approximate surface area is 210 Å². The number of nitrogens with one attached hydrogen (secondary N) is 2. The minimum Gasteiger partial charge on any atom is -0.449 e. The highest BCUT2D eigenvalue weighted by Crippen LogP contribution is 2.56. The molecule has 0 amide bonds. The maximum atomic E-state index is 8.60. The van der Waals surface area contributed by atoms with Crippen molar-refractivity contribution in [1.29, 1.82) is 10.8 Å². The lowest BCUT2D eigenvalue weighted by molar-refractivity contribution is 0.360. The van der Waals surface area contributed by atoms with Crippen molar-refractivity contribution in [3.8, 4) is 45.3 Å². The first-order valence-electron chi connectivity index (χ1n) is 12.0. The van der Waals surface area contributed by atoms with Crippen LogP contribution >= 0.6 is 0 Å². The Bertz CT molecular complexity index is 1610. The lowest BCUT2D eigenvalue weighted by atomic mass is 9.82. The van der Waals surface area contributed by atoms with Gasteiger partial charge in [0.1, 0.15) is 0 Å². The van der Waals surface area contributed by atoms with Crippen LogP contribution in [0.15, 0.2) is 91.0 Å². The van der Waals surface area contributed by atoms with E-state index in [4.69, 9.17) is 20.3 Å². The van der Waals surface area contributed by atoms with E-state index in [9.17, 15) is 0 Å². The molecule has 4 aromatic carbocycles. The van der Waals surface area contributed by atoms with Gasteiger partial charge in [0.05, 0.1) is 5.71 Å². The van der Waals surface area contributed by atoms with Crippen LogP contribution < -0.4 is 9.47 Å². The van der Waals surface area contributed by atoms with Crippen molar-refractivity contribution in [3.05, 3.63) is 108 Å². The Hall–Kier alpha value is -4.44. The first-order valence-corrected chi connectivity index (χ1v) is 12.0. The van der Waals surface area contributed by atoms with Crippen LogP contribution in [0.25, 0.3) is 22.3 Å². The van der Waals surface area contributed by atoms with E-state index in [1.54, 1.807) is 19.1 Å². The predicted molar refractivity (Wildman–Crippen MR) is 145 cm³/mol. The van der Waals surface area contributed by atoms with Gasteiger partial charge in [0.25, 0.3) is 0 Å². The van der Waals surface area contributed by atoms with Crippen LogP contribution in [-0.4, -0.2) is 11.4 Å². The molecule has 176 valence electrons. The summed E-state index contributed by atoms with van der Waals surface area (Å²) in [5.74, 6) is 2.70. The molecule has 4 nitrogen and oxygen atoms in total. The molecule has 1 aliphatic carbocycles. The van der Waals surface area contributed by atoms with Crippen LogP contribution in [0.3, 0.4) is 0 Å². The van der Waals surface area contributed by atoms with Crippen molar-refractivity contribution in [2.45, 2.75) is 26.2 Å². The van der Waals surface area contributed by atoms with Crippen LogP contribution in [0.1, 0.15) is 37.5 Å². The second kappa shape index (κ2) is 8.06. The molecule has 2 N–H and O–H groups in total. The molecule has 0 unspecified atom stereocenters. The zero-order valence-electron chi connectivity index (χ0n) is 20.5. The fourth-order valence-corrected chi connectivity index (χ4v) is 5.26. The monoisotopic (exact) mass is 470 g/mol. The Morgan fingerprint density at radius 3 is 2.17 bits per heavy atom. The fourth-order valence-electron chi connectivity index (χ4n) is 5.26. The van der Waals surface area contributed by atoms with Gasteiger partial charge >= 0.3 is 0 Å². The number of allylic oxidation sites excluding steroid dienone is 2. The van der Waals surface area contributed by atoms with Gasteiger partial charge in [-0.2, -0.15) is 0 Å². The highest BCUT2D eigenvalue weighted by molar-refractivity contribution is 6.13. The minimum absolute atomic E-state index is 0.117. The van der Waals surface area contributed by atoms with E-state index in [-0.39, 0.29) is 5.41 Å². The molecule has 0 aromatic heterocycles. The summed E-state index contributed by atoms with van der Waals surface area (Å²) in [5.41, 5.74) is 8.08. The van der Waals surface area contributed by atoms with Crippen LogP contribution in [0.5, 0.6) is 23.0 Å². The molecule has 2 aliphatic rings. The van der Waals surface area contributed by atoms with Crippen LogP contribution in [0, 0.1) is 10.8 Å². The zero-order valence-corrected chi connectivity index (χ0v) is 20.5. The third-order valence-corrected chi connectivity index (χ3v) is 7.07. The normalized spacial score (nSPS) is 14.2. The quantitative estimate of drug-likeness (QED) is 0.259. The molecule has 0 fully saturated rings. The van der Waals surface area contributed by atoms with Gasteiger partial charge in [0, 0.05) is 22.3 Å². The van der Waals surface area contributed by atoms with Gasteiger partial charge in [0.15, 0.2) is 23.0 Å². The topological polar surface area (TPSA) is 66.2 Å². The Morgan fingerprint density at radius 2 is 1.36 bits per heavy atom. The van der Waals surface area contributed by atoms with Gasteiger partial charge in [-0.05, 0) is 65.1 Å². The molecule has 0 spiro atoms. The molecule has 0 saturated carbocycles. The summed E-state index contributed by atoms with van der Waals surface area (Å²) < 4.78 is 13.0. The highest BCUT2D eigenvalue weighted by atomic mass is 16.6. The van der Waals surface area contributed by atoms with E-state index < -0.39 is 0 Å². The van der Waals surface area contributed by atoms with Crippen molar-refractivity contribution in [3.63, 3.8) is 0 Å². The second-order valence-electron chi connectivity index (χ2n) is 9.83. The molecule has 6 rings (SSSR count). The molecule has 4 aromatic rings. The Balaban J connectivity index is 1.46. The fraction of sp³-hybridized carbons (Fsp3) is 0.125. The summed E-state index contributed by atoms with van der Waals surface area (Å²) in [4.78, 5) is 0. The average molecular weight is 471 g/mol. The van der Waals surface area contributed by atoms with E-state index in [0.29, 0.717) is 34.4 Å². The van der Waals surface area contributed by atoms with E-state index in [2.05, 4.69) is 50.2 Å². The third kappa shape index (κ3) is 3.37. The van der Waals surface area contributed by atoms with E-state index in [1.807, 2.05) is 42.5 Å². The molecule has 4 heteroatoms. The average Bonchev–Trinajstić information content (AvgIpc) is 3.10. The van der Waals surface area contributed by atoms with E-state index >= 15 is 0 Å². The molecular weight excluding hydrogens is 444 g/mol. The standard InChI is InChI=1S/C32H26N2O2/c1-19(33)15-16-27(34)22-11-5-4-9-20(22)23-12-8-14-28-31(23)36-29-17-24-21-10-6-7-13-25(21)32(2,3)26(24)18-30(29)35-28/h4-18,33-34H,1-3H3/b16-15-,33-19?,34-27?. The molecule has 1 heterocycles. The van der Waals surface area contributed by atoms with E-state index in [0.717, 1.165) is 16.7 Å². The maximum absolute atomic E-state index is 8.60. The molecular formula is C32H26N2O2. The number of para-hydroxylation sites is 1. The number of hydrogen-bond donors (Lipinski definition) is 2. The van der Waals surface area contributed by atoms with Gasteiger partial charge in [-0.3, -0.25) is 0 Å². The number of fused-ring (bicyclic) bond motifs is 5. The van der Waals surface area contributed by atoms with Crippen LogP contribution in [0.2, 0.25) is 0 Å².